The van der Waals surface area contributed by atoms with Crippen molar-refractivity contribution in [3.63, 3.8) is 0 Å². The van der Waals surface area contributed by atoms with E-state index < -0.39 is 0 Å². The fraction of sp³-hybridized carbons (Fsp3) is 0.667. The van der Waals surface area contributed by atoms with Gasteiger partial charge in [-0.2, -0.15) is 4.98 Å². The summed E-state index contributed by atoms with van der Waals surface area (Å²) in [6.07, 6.45) is 5.70. The van der Waals surface area contributed by atoms with Gasteiger partial charge in [0.2, 0.25) is 5.95 Å². The molecule has 0 aliphatic heterocycles. The van der Waals surface area contributed by atoms with E-state index in [0.29, 0.717) is 5.95 Å². The van der Waals surface area contributed by atoms with Gasteiger partial charge in [-0.25, -0.2) is 4.98 Å². The van der Waals surface area contributed by atoms with E-state index >= 15 is 0 Å². The summed E-state index contributed by atoms with van der Waals surface area (Å²) in [5.74, 6) is 1.47. The largest absolute Gasteiger partial charge is 0.391 e. The minimum absolute atomic E-state index is 0.170. The van der Waals surface area contributed by atoms with Gasteiger partial charge < -0.3 is 15.3 Å². The number of hydrogen-bond acceptors (Lipinski definition) is 5. The SMILES string of the molecule is CNc1nccc(N(C)C2CCCCC2O)n1. The lowest BCUT2D eigenvalue weighted by Crippen LogP contribution is -2.43. The van der Waals surface area contributed by atoms with Gasteiger partial charge in [0.15, 0.2) is 0 Å². The van der Waals surface area contributed by atoms with Crippen molar-refractivity contribution in [2.45, 2.75) is 37.8 Å². The number of anilines is 2. The normalized spacial score (nSPS) is 24.4. The average molecular weight is 236 g/mol. The van der Waals surface area contributed by atoms with Crippen LogP contribution in [0.25, 0.3) is 0 Å². The molecule has 2 rings (SSSR count). The van der Waals surface area contributed by atoms with E-state index in [4.69, 9.17) is 0 Å². The molecule has 94 valence electrons. The second-order valence-electron chi connectivity index (χ2n) is 4.52. The Kier molecular flexibility index (Phi) is 3.78. The molecule has 2 N–H and O–H groups in total. The predicted molar refractivity (Wildman–Crippen MR) is 68.2 cm³/mol. The minimum atomic E-state index is -0.248. The standard InChI is InChI=1S/C12H20N4O/c1-13-12-14-8-7-11(15-12)16(2)9-5-3-4-6-10(9)17/h7-10,17H,3-6H2,1-2H3,(H,13,14,15). The molecular weight excluding hydrogens is 216 g/mol. The van der Waals surface area contributed by atoms with Crippen molar-refractivity contribution in [1.29, 1.82) is 0 Å². The van der Waals surface area contributed by atoms with Gasteiger partial charge in [0.05, 0.1) is 12.1 Å². The van der Waals surface area contributed by atoms with Crippen molar-refractivity contribution < 1.29 is 5.11 Å². The van der Waals surface area contributed by atoms with Crippen molar-refractivity contribution in [3.05, 3.63) is 12.3 Å². The van der Waals surface area contributed by atoms with Crippen molar-refractivity contribution in [1.82, 2.24) is 9.97 Å². The van der Waals surface area contributed by atoms with Crippen molar-refractivity contribution in [2.24, 2.45) is 0 Å². The molecule has 1 saturated carbocycles. The number of aliphatic hydroxyl groups is 1. The summed E-state index contributed by atoms with van der Waals surface area (Å²) in [4.78, 5) is 10.5. The molecule has 2 unspecified atom stereocenters. The van der Waals surface area contributed by atoms with E-state index in [1.165, 1.54) is 6.42 Å². The molecule has 1 aromatic heterocycles. The summed E-state index contributed by atoms with van der Waals surface area (Å²) in [6, 6.07) is 2.05. The van der Waals surface area contributed by atoms with Crippen LogP contribution in [0.3, 0.4) is 0 Å². The third kappa shape index (κ3) is 2.66. The molecule has 5 nitrogen and oxygen atoms in total. The highest BCUT2D eigenvalue weighted by Gasteiger charge is 2.27. The van der Waals surface area contributed by atoms with Gasteiger partial charge in [-0.1, -0.05) is 12.8 Å². The van der Waals surface area contributed by atoms with Crippen LogP contribution in [0, 0.1) is 0 Å². The zero-order valence-corrected chi connectivity index (χ0v) is 10.4. The first-order valence-electron chi connectivity index (χ1n) is 6.14. The Balaban J connectivity index is 2.14. The van der Waals surface area contributed by atoms with E-state index in [1.54, 1.807) is 13.2 Å². The predicted octanol–water partition coefficient (Wildman–Crippen LogP) is 1.26. The number of likely N-dealkylation sites (N-methyl/N-ethyl adjacent to an activating group) is 1. The highest BCUT2D eigenvalue weighted by Crippen LogP contribution is 2.25. The molecule has 1 aliphatic carbocycles. The Morgan fingerprint density at radius 2 is 2.18 bits per heavy atom. The number of rotatable bonds is 3. The summed E-state index contributed by atoms with van der Waals surface area (Å²) in [7, 11) is 3.79. The molecule has 1 fully saturated rings. The van der Waals surface area contributed by atoms with Gasteiger partial charge in [0, 0.05) is 20.3 Å². The van der Waals surface area contributed by atoms with Crippen molar-refractivity contribution in [3.8, 4) is 0 Å². The number of aliphatic hydroxyl groups excluding tert-OH is 1. The van der Waals surface area contributed by atoms with Crippen molar-refractivity contribution >= 4 is 11.8 Å². The topological polar surface area (TPSA) is 61.3 Å². The maximum atomic E-state index is 10.0. The second-order valence-corrected chi connectivity index (χ2v) is 4.52. The lowest BCUT2D eigenvalue weighted by Gasteiger charge is -2.35. The highest BCUT2D eigenvalue weighted by atomic mass is 16.3. The Morgan fingerprint density at radius 1 is 1.41 bits per heavy atom. The molecule has 1 heterocycles. The molecule has 2 atom stereocenters. The molecule has 0 amide bonds. The Labute approximate surface area is 102 Å². The van der Waals surface area contributed by atoms with E-state index in [-0.39, 0.29) is 12.1 Å². The smallest absolute Gasteiger partial charge is 0.224 e. The lowest BCUT2D eigenvalue weighted by atomic mass is 9.91. The molecule has 0 radical (unpaired) electrons. The van der Waals surface area contributed by atoms with Gasteiger partial charge >= 0.3 is 0 Å². The van der Waals surface area contributed by atoms with Crippen LogP contribution in [0.1, 0.15) is 25.7 Å². The first-order valence-corrected chi connectivity index (χ1v) is 6.14. The monoisotopic (exact) mass is 236 g/mol. The van der Waals surface area contributed by atoms with Crippen LogP contribution in [-0.2, 0) is 0 Å². The van der Waals surface area contributed by atoms with Crippen LogP contribution >= 0.6 is 0 Å². The average Bonchev–Trinajstić information content (AvgIpc) is 2.38. The van der Waals surface area contributed by atoms with Crippen LogP contribution in [0.5, 0.6) is 0 Å². The van der Waals surface area contributed by atoms with Crippen LogP contribution < -0.4 is 10.2 Å². The summed E-state index contributed by atoms with van der Waals surface area (Å²) in [5, 5.41) is 13.0. The van der Waals surface area contributed by atoms with Gasteiger partial charge in [0.25, 0.3) is 0 Å². The van der Waals surface area contributed by atoms with Crippen LogP contribution in [-0.4, -0.2) is 41.3 Å². The number of aromatic nitrogens is 2. The fourth-order valence-corrected chi connectivity index (χ4v) is 2.38. The van der Waals surface area contributed by atoms with E-state index in [2.05, 4.69) is 20.2 Å². The number of nitrogens with zero attached hydrogens (tertiary/aromatic N) is 3. The zero-order chi connectivity index (χ0) is 12.3. The maximum Gasteiger partial charge on any atom is 0.224 e. The van der Waals surface area contributed by atoms with E-state index in [0.717, 1.165) is 25.1 Å². The highest BCUT2D eigenvalue weighted by molar-refractivity contribution is 5.42. The molecular formula is C12H20N4O. The van der Waals surface area contributed by atoms with Gasteiger partial charge in [0.1, 0.15) is 5.82 Å². The molecule has 0 saturated heterocycles. The first-order chi connectivity index (χ1) is 8.22. The number of nitrogens with one attached hydrogen (secondary N) is 1. The summed E-state index contributed by atoms with van der Waals surface area (Å²) in [6.45, 7) is 0. The Bertz CT molecular complexity index is 371. The molecule has 0 spiro atoms. The lowest BCUT2D eigenvalue weighted by molar-refractivity contribution is 0.106. The number of hydrogen-bond donors (Lipinski definition) is 2. The first kappa shape index (κ1) is 12.1. The Morgan fingerprint density at radius 3 is 2.88 bits per heavy atom. The van der Waals surface area contributed by atoms with Crippen molar-refractivity contribution in [2.75, 3.05) is 24.3 Å². The molecule has 1 aromatic rings. The molecule has 5 heteroatoms. The third-order valence-electron chi connectivity index (χ3n) is 3.42. The molecule has 17 heavy (non-hydrogen) atoms. The zero-order valence-electron chi connectivity index (χ0n) is 10.4. The molecule has 1 aliphatic rings. The van der Waals surface area contributed by atoms with Crippen LogP contribution in [0.2, 0.25) is 0 Å². The maximum absolute atomic E-state index is 10.0. The van der Waals surface area contributed by atoms with E-state index in [9.17, 15) is 5.11 Å². The summed E-state index contributed by atoms with van der Waals surface area (Å²) < 4.78 is 0. The summed E-state index contributed by atoms with van der Waals surface area (Å²) in [5.41, 5.74) is 0. The fourth-order valence-electron chi connectivity index (χ4n) is 2.38. The summed E-state index contributed by atoms with van der Waals surface area (Å²) >= 11 is 0. The van der Waals surface area contributed by atoms with Crippen LogP contribution in [0.4, 0.5) is 11.8 Å². The third-order valence-corrected chi connectivity index (χ3v) is 3.42. The van der Waals surface area contributed by atoms with Gasteiger partial charge in [-0.3, -0.25) is 0 Å². The van der Waals surface area contributed by atoms with Crippen LogP contribution in [0.15, 0.2) is 12.3 Å². The second kappa shape index (κ2) is 5.31. The molecule has 0 aromatic carbocycles. The minimum Gasteiger partial charge on any atom is -0.391 e. The quantitative estimate of drug-likeness (QED) is 0.827. The van der Waals surface area contributed by atoms with Gasteiger partial charge in [-0.15, -0.1) is 0 Å². The van der Waals surface area contributed by atoms with E-state index in [1.807, 2.05) is 13.1 Å². The molecule has 0 bridgehead atoms. The Hall–Kier alpha value is -1.36. The van der Waals surface area contributed by atoms with Gasteiger partial charge in [-0.05, 0) is 18.9 Å².